The van der Waals surface area contributed by atoms with E-state index in [2.05, 4.69) is 43.5 Å². The van der Waals surface area contributed by atoms with Gasteiger partial charge in [0.2, 0.25) is 5.91 Å². The fraction of sp³-hybridized carbons (Fsp3) is 0.844. The van der Waals surface area contributed by atoms with Gasteiger partial charge in [0, 0.05) is 6.42 Å². The lowest BCUT2D eigenvalue weighted by Gasteiger charge is -2.29. The van der Waals surface area contributed by atoms with Gasteiger partial charge in [0.25, 0.3) is 7.82 Å². The number of likely N-dealkylation sites (N-methyl/N-ethyl adjacent to an activating group) is 1. The van der Waals surface area contributed by atoms with Crippen molar-refractivity contribution in [3.05, 3.63) is 36.5 Å². The number of phosphoric ester groups is 1. The van der Waals surface area contributed by atoms with E-state index >= 15 is 0 Å². The maximum atomic E-state index is 12.5. The summed E-state index contributed by atoms with van der Waals surface area (Å²) in [6.45, 7) is 4.48. The third-order valence-electron chi connectivity index (χ3n) is 9.83. The largest absolute Gasteiger partial charge is 0.756 e. The number of hydrogen-bond acceptors (Lipinski definition) is 6. The van der Waals surface area contributed by atoms with Crippen molar-refractivity contribution in [3.8, 4) is 0 Å². The van der Waals surface area contributed by atoms with Gasteiger partial charge in [-0.1, -0.05) is 179 Å². The Morgan fingerprint density at radius 1 is 0.630 bits per heavy atom. The topological polar surface area (TPSA) is 108 Å². The second-order valence-electron chi connectivity index (χ2n) is 16.4. The average molecular weight is 783 g/mol. The molecule has 8 nitrogen and oxygen atoms in total. The van der Waals surface area contributed by atoms with E-state index in [-0.39, 0.29) is 12.5 Å². The number of nitrogens with one attached hydrogen (secondary N) is 1. The zero-order chi connectivity index (χ0) is 40.0. The number of rotatable bonds is 40. The molecule has 0 fully saturated rings. The Morgan fingerprint density at radius 3 is 1.50 bits per heavy atom. The maximum Gasteiger partial charge on any atom is 0.268 e. The zero-order valence-electron chi connectivity index (χ0n) is 35.9. The van der Waals surface area contributed by atoms with Crippen LogP contribution in [0.5, 0.6) is 0 Å². The Bertz CT molecular complexity index is 980. The third kappa shape index (κ3) is 39.0. The Kier molecular flexibility index (Phi) is 36.4. The molecule has 0 spiro atoms. The van der Waals surface area contributed by atoms with E-state index in [9.17, 15) is 19.4 Å². The van der Waals surface area contributed by atoms with Crippen LogP contribution in [0.15, 0.2) is 36.5 Å². The zero-order valence-corrected chi connectivity index (χ0v) is 36.8. The highest BCUT2D eigenvalue weighted by Gasteiger charge is 2.23. The van der Waals surface area contributed by atoms with Gasteiger partial charge in [-0.05, 0) is 44.9 Å². The van der Waals surface area contributed by atoms with Gasteiger partial charge in [0.05, 0.1) is 39.9 Å². The molecule has 3 unspecified atom stereocenters. The van der Waals surface area contributed by atoms with Crippen molar-refractivity contribution in [1.82, 2.24) is 5.32 Å². The summed E-state index contributed by atoms with van der Waals surface area (Å²) in [7, 11) is 1.23. The van der Waals surface area contributed by atoms with Crippen molar-refractivity contribution in [2.75, 3.05) is 40.9 Å². The molecule has 318 valence electrons. The van der Waals surface area contributed by atoms with Crippen molar-refractivity contribution in [2.45, 2.75) is 206 Å². The quantitative estimate of drug-likeness (QED) is 0.0277. The summed E-state index contributed by atoms with van der Waals surface area (Å²) in [5, 5.41) is 13.6. The Morgan fingerprint density at radius 2 is 1.04 bits per heavy atom. The predicted octanol–water partition coefficient (Wildman–Crippen LogP) is 11.7. The van der Waals surface area contributed by atoms with Gasteiger partial charge in [0.1, 0.15) is 13.2 Å². The summed E-state index contributed by atoms with van der Waals surface area (Å²) in [6.07, 6.45) is 45.7. The van der Waals surface area contributed by atoms with Crippen LogP contribution >= 0.6 is 7.82 Å². The second kappa shape index (κ2) is 37.3. The second-order valence-corrected chi connectivity index (χ2v) is 17.8. The molecule has 2 N–H and O–H groups in total. The van der Waals surface area contributed by atoms with E-state index in [0.717, 1.165) is 51.4 Å². The molecule has 0 aromatic rings. The number of unbranched alkanes of at least 4 members (excludes halogenated alkanes) is 23. The molecule has 9 heteroatoms. The molecule has 0 radical (unpaired) electrons. The summed E-state index contributed by atoms with van der Waals surface area (Å²) in [5.74, 6) is -0.230. The van der Waals surface area contributed by atoms with Crippen LogP contribution in [0, 0.1) is 0 Å². The minimum atomic E-state index is -4.58. The first-order valence-electron chi connectivity index (χ1n) is 22.4. The SMILES string of the molecule is CCCCCCCCCCCCCCCCCCCC/C=C/CC/C=C/CC/C=C/C(O)C(COP(=O)([O-])OCC[N+](C)(C)C)NC(=O)CCCCCC. The van der Waals surface area contributed by atoms with Gasteiger partial charge < -0.3 is 28.8 Å². The average Bonchev–Trinajstić information content (AvgIpc) is 3.12. The molecule has 0 heterocycles. The summed E-state index contributed by atoms with van der Waals surface area (Å²) in [5.41, 5.74) is 0. The normalized spacial score (nSPS) is 14.7. The molecule has 0 saturated heterocycles. The van der Waals surface area contributed by atoms with Crippen molar-refractivity contribution >= 4 is 13.7 Å². The van der Waals surface area contributed by atoms with Gasteiger partial charge in [-0.3, -0.25) is 9.36 Å². The fourth-order valence-corrected chi connectivity index (χ4v) is 6.97. The molecule has 0 aliphatic rings. The number of aliphatic hydroxyl groups excluding tert-OH is 1. The number of quaternary nitrogens is 1. The first kappa shape index (κ1) is 52.7. The Hall–Kier alpha value is -1.28. The lowest BCUT2D eigenvalue weighted by Crippen LogP contribution is -2.45. The number of phosphoric acid groups is 1. The molecular weight excluding hydrogens is 695 g/mol. The van der Waals surface area contributed by atoms with Crippen LogP contribution < -0.4 is 10.2 Å². The van der Waals surface area contributed by atoms with Crippen LogP contribution in [-0.2, 0) is 18.4 Å². The Labute approximate surface area is 334 Å². The van der Waals surface area contributed by atoms with E-state index in [1.54, 1.807) is 6.08 Å². The molecule has 54 heavy (non-hydrogen) atoms. The number of carbonyl (C=O) groups excluding carboxylic acids is 1. The Balaban J connectivity index is 4.07. The van der Waals surface area contributed by atoms with Gasteiger partial charge in [-0.2, -0.15) is 0 Å². The van der Waals surface area contributed by atoms with Crippen molar-refractivity contribution in [2.24, 2.45) is 0 Å². The van der Waals surface area contributed by atoms with E-state index < -0.39 is 26.6 Å². The predicted molar refractivity (Wildman–Crippen MR) is 228 cm³/mol. The molecule has 0 bridgehead atoms. The van der Waals surface area contributed by atoms with Gasteiger partial charge in [0.15, 0.2) is 0 Å². The first-order valence-corrected chi connectivity index (χ1v) is 23.8. The standard InChI is InChI=1S/C45H87N2O6P/c1-6-8-10-12-13-14-15-16-17-18-19-20-21-22-23-24-25-26-27-28-29-30-31-32-33-34-35-36-38-44(48)43(46-45(49)39-37-11-9-7-2)42-53-54(50,51)52-41-40-47(3,4)5/h28-29,32-33,36,38,43-44,48H,6-27,30-31,34-35,37,39-42H2,1-5H3,(H-,46,49,50,51)/b29-28+,33-32+,38-36+. The summed E-state index contributed by atoms with van der Waals surface area (Å²) < 4.78 is 22.9. The minimum absolute atomic E-state index is 0.00930. The molecular formula is C45H87N2O6P. The third-order valence-corrected chi connectivity index (χ3v) is 10.8. The number of hydrogen-bond donors (Lipinski definition) is 2. The lowest BCUT2D eigenvalue weighted by molar-refractivity contribution is -0.870. The van der Waals surface area contributed by atoms with Gasteiger partial charge in [-0.25, -0.2) is 0 Å². The molecule has 0 aliphatic carbocycles. The highest BCUT2D eigenvalue weighted by Crippen LogP contribution is 2.38. The summed E-state index contributed by atoms with van der Waals surface area (Å²) >= 11 is 0. The van der Waals surface area contributed by atoms with Crippen LogP contribution in [0.2, 0.25) is 0 Å². The number of aliphatic hydroxyl groups is 1. The highest BCUT2D eigenvalue weighted by atomic mass is 31.2. The lowest BCUT2D eigenvalue weighted by atomic mass is 10.0. The van der Waals surface area contributed by atoms with Crippen molar-refractivity contribution in [3.63, 3.8) is 0 Å². The van der Waals surface area contributed by atoms with Gasteiger partial charge >= 0.3 is 0 Å². The van der Waals surface area contributed by atoms with Crippen LogP contribution in [0.1, 0.15) is 194 Å². The molecule has 0 saturated carbocycles. The maximum absolute atomic E-state index is 12.5. The van der Waals surface area contributed by atoms with E-state index in [1.807, 2.05) is 27.2 Å². The molecule has 3 atom stereocenters. The van der Waals surface area contributed by atoms with Gasteiger partial charge in [-0.15, -0.1) is 0 Å². The number of nitrogens with zero attached hydrogens (tertiary/aromatic N) is 1. The van der Waals surface area contributed by atoms with Crippen molar-refractivity contribution in [1.29, 1.82) is 0 Å². The molecule has 1 amide bonds. The molecule has 0 aliphatic heterocycles. The summed E-state index contributed by atoms with van der Waals surface area (Å²) in [6, 6.07) is -0.902. The molecule has 0 aromatic carbocycles. The first-order chi connectivity index (χ1) is 26.0. The van der Waals surface area contributed by atoms with E-state index in [4.69, 9.17) is 9.05 Å². The van der Waals surface area contributed by atoms with E-state index in [0.29, 0.717) is 17.4 Å². The molecule has 0 aromatic heterocycles. The fourth-order valence-electron chi connectivity index (χ4n) is 6.24. The molecule has 0 rings (SSSR count). The van der Waals surface area contributed by atoms with E-state index in [1.165, 1.54) is 122 Å². The summed E-state index contributed by atoms with van der Waals surface area (Å²) in [4.78, 5) is 24.9. The van der Waals surface area contributed by atoms with Crippen LogP contribution in [-0.4, -0.2) is 68.5 Å². The smallest absolute Gasteiger partial charge is 0.268 e. The van der Waals surface area contributed by atoms with Crippen molar-refractivity contribution < 1.29 is 32.9 Å². The monoisotopic (exact) mass is 783 g/mol. The number of carbonyl (C=O) groups is 1. The number of amides is 1. The number of allylic oxidation sites excluding steroid dienone is 5. The van der Waals surface area contributed by atoms with Crippen LogP contribution in [0.25, 0.3) is 0 Å². The van der Waals surface area contributed by atoms with Crippen LogP contribution in [0.3, 0.4) is 0 Å². The highest BCUT2D eigenvalue weighted by molar-refractivity contribution is 7.45. The minimum Gasteiger partial charge on any atom is -0.756 e. The van der Waals surface area contributed by atoms with Crippen LogP contribution in [0.4, 0.5) is 0 Å².